The number of rotatable bonds is 5. The Morgan fingerprint density at radius 3 is 3.08 bits per heavy atom. The fourth-order valence-corrected chi connectivity index (χ4v) is 3.26. The van der Waals surface area contributed by atoms with Crippen molar-refractivity contribution in [3.63, 3.8) is 0 Å². The topological polar surface area (TPSA) is 77.1 Å². The Kier molecular flexibility index (Phi) is 4.80. The molecule has 2 aromatic heterocycles. The minimum Gasteiger partial charge on any atom is -0.373 e. The number of likely N-dealkylation sites (tertiary alicyclic amines) is 1. The fraction of sp³-hybridized carbons (Fsp3) is 0.471. The summed E-state index contributed by atoms with van der Waals surface area (Å²) in [6.45, 7) is 2.76. The van der Waals surface area contributed by atoms with Gasteiger partial charge in [-0.25, -0.2) is 4.98 Å². The highest BCUT2D eigenvalue weighted by Gasteiger charge is 2.29. The van der Waals surface area contributed by atoms with Crippen LogP contribution in [0.5, 0.6) is 0 Å². The molecule has 0 radical (unpaired) electrons. The van der Waals surface area contributed by atoms with E-state index in [1.807, 2.05) is 13.1 Å². The van der Waals surface area contributed by atoms with Gasteiger partial charge in [-0.15, -0.1) is 0 Å². The van der Waals surface area contributed by atoms with E-state index in [2.05, 4.69) is 31.5 Å². The predicted octanol–water partition coefficient (Wildman–Crippen LogP) is 1.54. The molecule has 7 nitrogen and oxygen atoms in total. The summed E-state index contributed by atoms with van der Waals surface area (Å²) in [7, 11) is 5.42. The zero-order valence-corrected chi connectivity index (χ0v) is 14.4. The monoisotopic (exact) mass is 328 g/mol. The zero-order valence-electron chi connectivity index (χ0n) is 14.4. The lowest BCUT2D eigenvalue weighted by Gasteiger charge is -2.18. The van der Waals surface area contributed by atoms with Gasteiger partial charge in [0.1, 0.15) is 5.82 Å². The first kappa shape index (κ1) is 16.4. The molecule has 0 saturated carbocycles. The molecule has 1 aliphatic rings. The van der Waals surface area contributed by atoms with E-state index >= 15 is 0 Å². The third-order valence-electron chi connectivity index (χ3n) is 4.51. The van der Waals surface area contributed by atoms with Gasteiger partial charge in [0, 0.05) is 51.9 Å². The van der Waals surface area contributed by atoms with Crippen LogP contribution in [-0.4, -0.2) is 65.1 Å². The van der Waals surface area contributed by atoms with Gasteiger partial charge in [-0.05, 0) is 19.0 Å². The molecule has 2 aromatic rings. The van der Waals surface area contributed by atoms with Crippen molar-refractivity contribution in [1.29, 1.82) is 0 Å². The number of carbonyl (C=O) groups excluding carboxylic acids is 1. The van der Waals surface area contributed by atoms with Crippen molar-refractivity contribution in [2.75, 3.05) is 39.5 Å². The lowest BCUT2D eigenvalue weighted by molar-refractivity contribution is 0.0826. The minimum atomic E-state index is 0.00179. The fourth-order valence-electron chi connectivity index (χ4n) is 3.26. The largest absolute Gasteiger partial charge is 0.373 e. The van der Waals surface area contributed by atoms with E-state index in [0.29, 0.717) is 11.5 Å². The molecule has 0 aliphatic carbocycles. The molecule has 1 atom stereocenters. The first-order chi connectivity index (χ1) is 11.6. The smallest absolute Gasteiger partial charge is 0.256 e. The quantitative estimate of drug-likeness (QED) is 0.870. The van der Waals surface area contributed by atoms with Gasteiger partial charge in [0.05, 0.1) is 17.5 Å². The van der Waals surface area contributed by atoms with Gasteiger partial charge in [-0.2, -0.15) is 5.10 Å². The van der Waals surface area contributed by atoms with E-state index in [9.17, 15) is 4.79 Å². The third-order valence-corrected chi connectivity index (χ3v) is 4.51. The number of aromatic amines is 1. The van der Waals surface area contributed by atoms with Crippen molar-refractivity contribution in [2.45, 2.75) is 18.9 Å². The predicted molar refractivity (Wildman–Crippen MR) is 93.0 cm³/mol. The highest BCUT2D eigenvalue weighted by molar-refractivity contribution is 5.94. The molecule has 2 N–H and O–H groups in total. The van der Waals surface area contributed by atoms with E-state index in [-0.39, 0.29) is 5.91 Å². The highest BCUT2D eigenvalue weighted by Crippen LogP contribution is 2.30. The van der Waals surface area contributed by atoms with Gasteiger partial charge in [-0.1, -0.05) is 6.07 Å². The third kappa shape index (κ3) is 3.26. The van der Waals surface area contributed by atoms with Crippen molar-refractivity contribution >= 4 is 11.7 Å². The second-order valence-electron chi connectivity index (χ2n) is 6.38. The number of anilines is 1. The van der Waals surface area contributed by atoms with Crippen LogP contribution < -0.4 is 5.32 Å². The zero-order chi connectivity index (χ0) is 17.1. The standard InChI is InChI=1S/C17H24N6O/c1-18-16-13(5-4-7-19-16)11-23-8-6-12(10-23)15-14(9-20-21-15)17(24)22(2)3/h4-5,7,9,12H,6,8,10-11H2,1-3H3,(H,18,19)(H,20,21)/t12-/m1/s1. The number of nitrogens with zero attached hydrogens (tertiary/aromatic N) is 4. The molecule has 3 rings (SSSR count). The molecule has 1 saturated heterocycles. The van der Waals surface area contributed by atoms with Gasteiger partial charge >= 0.3 is 0 Å². The lowest BCUT2D eigenvalue weighted by atomic mass is 10.0. The molecule has 0 spiro atoms. The van der Waals surface area contributed by atoms with Crippen LogP contribution in [0.15, 0.2) is 24.5 Å². The van der Waals surface area contributed by atoms with Crippen LogP contribution in [0.2, 0.25) is 0 Å². The number of amides is 1. The SMILES string of the molecule is CNc1ncccc1CN1CC[C@@H](c2[nH]ncc2C(=O)N(C)C)C1. The summed E-state index contributed by atoms with van der Waals surface area (Å²) in [4.78, 5) is 20.6. The molecule has 3 heterocycles. The first-order valence-electron chi connectivity index (χ1n) is 8.19. The van der Waals surface area contributed by atoms with Crippen LogP contribution >= 0.6 is 0 Å². The first-order valence-corrected chi connectivity index (χ1v) is 8.19. The van der Waals surface area contributed by atoms with Gasteiger partial charge in [0.15, 0.2) is 0 Å². The number of H-pyrrole nitrogens is 1. The normalized spacial score (nSPS) is 17.9. The molecule has 1 fully saturated rings. The van der Waals surface area contributed by atoms with Gasteiger partial charge in [0.25, 0.3) is 5.91 Å². The van der Waals surface area contributed by atoms with Crippen molar-refractivity contribution < 1.29 is 4.79 Å². The Bertz CT molecular complexity index is 711. The van der Waals surface area contributed by atoms with Gasteiger partial charge in [0.2, 0.25) is 0 Å². The average molecular weight is 328 g/mol. The van der Waals surface area contributed by atoms with Crippen LogP contribution in [0.1, 0.15) is 34.0 Å². The molecule has 1 amide bonds. The average Bonchev–Trinajstić information content (AvgIpc) is 3.23. The summed E-state index contributed by atoms with van der Waals surface area (Å²) in [5, 5.41) is 10.3. The minimum absolute atomic E-state index is 0.00179. The lowest BCUT2D eigenvalue weighted by Crippen LogP contribution is -2.24. The Labute approximate surface area is 142 Å². The van der Waals surface area contributed by atoms with Crippen LogP contribution in [-0.2, 0) is 6.54 Å². The summed E-state index contributed by atoms with van der Waals surface area (Å²) in [6, 6.07) is 4.07. The summed E-state index contributed by atoms with van der Waals surface area (Å²) in [5.41, 5.74) is 2.83. The van der Waals surface area contributed by atoms with Crippen LogP contribution in [0, 0.1) is 0 Å². The maximum absolute atomic E-state index is 12.3. The van der Waals surface area contributed by atoms with E-state index in [0.717, 1.165) is 37.6 Å². The van der Waals surface area contributed by atoms with Gasteiger partial charge < -0.3 is 10.2 Å². The van der Waals surface area contributed by atoms with Crippen molar-refractivity contribution in [3.8, 4) is 0 Å². The molecule has 24 heavy (non-hydrogen) atoms. The van der Waals surface area contributed by atoms with Crippen molar-refractivity contribution in [3.05, 3.63) is 41.3 Å². The number of pyridine rings is 1. The summed E-state index contributed by atoms with van der Waals surface area (Å²) in [5.74, 6) is 1.23. The number of hydrogen-bond acceptors (Lipinski definition) is 5. The summed E-state index contributed by atoms with van der Waals surface area (Å²) in [6.07, 6.45) is 4.46. The number of carbonyl (C=O) groups is 1. The number of hydrogen-bond donors (Lipinski definition) is 2. The molecule has 0 unspecified atom stereocenters. The molecule has 7 heteroatoms. The van der Waals surface area contributed by atoms with Crippen LogP contribution in [0.25, 0.3) is 0 Å². The van der Waals surface area contributed by atoms with Crippen molar-refractivity contribution in [1.82, 2.24) is 25.0 Å². The Morgan fingerprint density at radius 2 is 2.33 bits per heavy atom. The van der Waals surface area contributed by atoms with Gasteiger partial charge in [-0.3, -0.25) is 14.8 Å². The molecular weight excluding hydrogens is 304 g/mol. The highest BCUT2D eigenvalue weighted by atomic mass is 16.2. The molecule has 0 aromatic carbocycles. The number of nitrogens with one attached hydrogen (secondary N) is 2. The van der Waals surface area contributed by atoms with Crippen LogP contribution in [0.4, 0.5) is 5.82 Å². The Morgan fingerprint density at radius 1 is 1.50 bits per heavy atom. The van der Waals surface area contributed by atoms with Crippen molar-refractivity contribution in [2.24, 2.45) is 0 Å². The van der Waals surface area contributed by atoms with E-state index < -0.39 is 0 Å². The molecule has 0 bridgehead atoms. The summed E-state index contributed by atoms with van der Waals surface area (Å²) < 4.78 is 0. The number of aromatic nitrogens is 3. The second-order valence-corrected chi connectivity index (χ2v) is 6.38. The maximum Gasteiger partial charge on any atom is 0.256 e. The van der Waals surface area contributed by atoms with E-state index in [1.165, 1.54) is 5.56 Å². The van der Waals surface area contributed by atoms with Crippen LogP contribution in [0.3, 0.4) is 0 Å². The Balaban J connectivity index is 1.70. The summed E-state index contributed by atoms with van der Waals surface area (Å²) >= 11 is 0. The molecule has 128 valence electrons. The molecular formula is C17H24N6O. The van der Waals surface area contributed by atoms with E-state index in [4.69, 9.17) is 0 Å². The maximum atomic E-state index is 12.3. The second kappa shape index (κ2) is 7.00. The molecule has 1 aliphatic heterocycles. The Hall–Kier alpha value is -2.41. The van der Waals surface area contributed by atoms with E-state index in [1.54, 1.807) is 31.4 Å².